The molecule has 4 nitrogen and oxygen atoms in total. The lowest BCUT2D eigenvalue weighted by atomic mass is 9.93. The summed E-state index contributed by atoms with van der Waals surface area (Å²) in [6.07, 6.45) is 12.4. The van der Waals surface area contributed by atoms with Gasteiger partial charge in [-0.2, -0.15) is 0 Å². The van der Waals surface area contributed by atoms with Crippen LogP contribution in [0.5, 0.6) is 0 Å². The minimum absolute atomic E-state index is 0.159. The van der Waals surface area contributed by atoms with Crippen molar-refractivity contribution in [2.24, 2.45) is 11.8 Å². The van der Waals surface area contributed by atoms with Crippen molar-refractivity contribution in [1.82, 2.24) is 9.80 Å². The first kappa shape index (κ1) is 16.8. The number of nitrogens with zero attached hydrogens (tertiary/aromatic N) is 2. The normalized spacial score (nSPS) is 24.2. The van der Waals surface area contributed by atoms with Gasteiger partial charge in [-0.15, -0.1) is 0 Å². The van der Waals surface area contributed by atoms with Gasteiger partial charge in [0.15, 0.2) is 0 Å². The van der Waals surface area contributed by atoms with E-state index in [1.807, 2.05) is 4.90 Å². The Hall–Kier alpha value is -1.06. The van der Waals surface area contributed by atoms with Gasteiger partial charge in [0.1, 0.15) is 0 Å². The summed E-state index contributed by atoms with van der Waals surface area (Å²) in [5.74, 6) is 1.62. The predicted octanol–water partition coefficient (Wildman–Crippen LogP) is 3.21. The van der Waals surface area contributed by atoms with Crippen LogP contribution >= 0.6 is 0 Å². The molecule has 3 aliphatic rings. The summed E-state index contributed by atoms with van der Waals surface area (Å²) in [6.45, 7) is 3.46. The van der Waals surface area contributed by atoms with Gasteiger partial charge in [-0.25, -0.2) is 0 Å². The molecule has 23 heavy (non-hydrogen) atoms. The second-order valence-corrected chi connectivity index (χ2v) is 7.73. The summed E-state index contributed by atoms with van der Waals surface area (Å²) in [5, 5.41) is 0. The highest BCUT2D eigenvalue weighted by Gasteiger charge is 2.30. The van der Waals surface area contributed by atoms with Crippen LogP contribution in [-0.2, 0) is 9.59 Å². The summed E-state index contributed by atoms with van der Waals surface area (Å²) in [4.78, 5) is 29.0. The summed E-state index contributed by atoms with van der Waals surface area (Å²) in [6, 6.07) is 0. The van der Waals surface area contributed by atoms with Crippen LogP contribution in [0.2, 0.25) is 0 Å². The van der Waals surface area contributed by atoms with E-state index in [1.165, 1.54) is 32.1 Å². The van der Waals surface area contributed by atoms with Gasteiger partial charge in [0.2, 0.25) is 11.8 Å². The van der Waals surface area contributed by atoms with Crippen LogP contribution in [0.1, 0.15) is 70.6 Å². The lowest BCUT2D eigenvalue weighted by Crippen LogP contribution is -2.45. The van der Waals surface area contributed by atoms with Crippen molar-refractivity contribution in [3.63, 3.8) is 0 Å². The molecular weight excluding hydrogens is 288 g/mol. The number of hydrogen-bond donors (Lipinski definition) is 0. The topological polar surface area (TPSA) is 40.6 Å². The fourth-order valence-electron chi connectivity index (χ4n) is 4.53. The van der Waals surface area contributed by atoms with Gasteiger partial charge >= 0.3 is 0 Å². The number of likely N-dealkylation sites (tertiary alicyclic amines) is 2. The van der Waals surface area contributed by atoms with E-state index in [1.54, 1.807) is 0 Å². The van der Waals surface area contributed by atoms with E-state index in [-0.39, 0.29) is 5.92 Å². The Morgan fingerprint density at radius 3 is 2.04 bits per heavy atom. The van der Waals surface area contributed by atoms with Gasteiger partial charge in [0, 0.05) is 38.5 Å². The first-order chi connectivity index (χ1) is 11.2. The number of piperidine rings is 2. The lowest BCUT2D eigenvalue weighted by molar-refractivity contribution is -0.141. The first-order valence-electron chi connectivity index (χ1n) is 9.80. The van der Waals surface area contributed by atoms with Gasteiger partial charge in [0.05, 0.1) is 0 Å². The lowest BCUT2D eigenvalue weighted by Gasteiger charge is -2.35. The fourth-order valence-corrected chi connectivity index (χ4v) is 4.53. The van der Waals surface area contributed by atoms with Gasteiger partial charge in [0.25, 0.3) is 0 Å². The molecule has 0 bridgehead atoms. The molecule has 0 unspecified atom stereocenters. The zero-order valence-electron chi connectivity index (χ0n) is 14.5. The number of carbonyl (C=O) groups excluding carboxylic acids is 2. The van der Waals surface area contributed by atoms with Crippen LogP contribution < -0.4 is 0 Å². The van der Waals surface area contributed by atoms with E-state index >= 15 is 0 Å². The Labute approximate surface area is 140 Å². The van der Waals surface area contributed by atoms with E-state index in [2.05, 4.69) is 4.90 Å². The van der Waals surface area contributed by atoms with Crippen molar-refractivity contribution >= 4 is 11.8 Å². The monoisotopic (exact) mass is 320 g/mol. The highest BCUT2D eigenvalue weighted by molar-refractivity contribution is 5.80. The molecule has 2 saturated heterocycles. The van der Waals surface area contributed by atoms with Crippen LogP contribution in [0, 0.1) is 11.8 Å². The molecule has 3 rings (SSSR count). The molecule has 0 aromatic heterocycles. The third kappa shape index (κ3) is 4.48. The van der Waals surface area contributed by atoms with Gasteiger partial charge in [-0.05, 0) is 44.4 Å². The van der Waals surface area contributed by atoms with E-state index in [0.29, 0.717) is 11.8 Å². The second kappa shape index (κ2) is 8.16. The summed E-state index contributed by atoms with van der Waals surface area (Å²) in [5.41, 5.74) is 0. The predicted molar refractivity (Wildman–Crippen MR) is 90.9 cm³/mol. The molecule has 2 aliphatic heterocycles. The van der Waals surface area contributed by atoms with Gasteiger partial charge < -0.3 is 9.80 Å². The van der Waals surface area contributed by atoms with E-state index < -0.39 is 0 Å². The van der Waals surface area contributed by atoms with Gasteiger partial charge in [-0.1, -0.05) is 25.7 Å². The second-order valence-electron chi connectivity index (χ2n) is 7.73. The Balaban J connectivity index is 1.38. The van der Waals surface area contributed by atoms with Crippen molar-refractivity contribution in [2.75, 3.05) is 26.2 Å². The molecule has 0 atom stereocenters. The highest BCUT2D eigenvalue weighted by Crippen LogP contribution is 2.29. The highest BCUT2D eigenvalue weighted by atomic mass is 16.2. The average molecular weight is 320 g/mol. The van der Waals surface area contributed by atoms with Crippen LogP contribution in [0.3, 0.4) is 0 Å². The fraction of sp³-hybridized carbons (Fsp3) is 0.895. The van der Waals surface area contributed by atoms with Gasteiger partial charge in [-0.3, -0.25) is 9.59 Å². The van der Waals surface area contributed by atoms with Crippen molar-refractivity contribution in [2.45, 2.75) is 70.6 Å². The number of rotatable bonds is 4. The number of carbonyl (C=O) groups is 2. The minimum Gasteiger partial charge on any atom is -0.343 e. The SMILES string of the molecule is O=C(CCC1CCCC1)N1CCC(C(=O)N2CCCCC2)CC1. The maximum atomic E-state index is 12.6. The van der Waals surface area contributed by atoms with E-state index in [0.717, 1.165) is 70.6 Å². The minimum atomic E-state index is 0.159. The van der Waals surface area contributed by atoms with Crippen molar-refractivity contribution in [3.05, 3.63) is 0 Å². The van der Waals surface area contributed by atoms with Crippen molar-refractivity contribution in [1.29, 1.82) is 0 Å². The largest absolute Gasteiger partial charge is 0.343 e. The zero-order chi connectivity index (χ0) is 16.1. The van der Waals surface area contributed by atoms with Crippen molar-refractivity contribution < 1.29 is 9.59 Å². The molecule has 2 heterocycles. The number of amides is 2. The average Bonchev–Trinajstić information content (AvgIpc) is 3.13. The maximum Gasteiger partial charge on any atom is 0.225 e. The maximum absolute atomic E-state index is 12.6. The van der Waals surface area contributed by atoms with Crippen LogP contribution in [-0.4, -0.2) is 47.8 Å². The third-order valence-corrected chi connectivity index (χ3v) is 6.11. The van der Waals surface area contributed by atoms with E-state index in [4.69, 9.17) is 0 Å². The molecule has 0 aromatic carbocycles. The summed E-state index contributed by atoms with van der Waals surface area (Å²) < 4.78 is 0. The summed E-state index contributed by atoms with van der Waals surface area (Å²) >= 11 is 0. The van der Waals surface area contributed by atoms with E-state index in [9.17, 15) is 9.59 Å². The standard InChI is InChI=1S/C19H32N2O2/c22-18(9-8-16-6-2-3-7-16)20-14-10-17(11-15-20)19(23)21-12-4-1-5-13-21/h16-17H,1-15H2. The molecule has 0 N–H and O–H groups in total. The third-order valence-electron chi connectivity index (χ3n) is 6.11. The molecule has 130 valence electrons. The molecule has 0 radical (unpaired) electrons. The Kier molecular flexibility index (Phi) is 5.96. The quantitative estimate of drug-likeness (QED) is 0.798. The number of hydrogen-bond acceptors (Lipinski definition) is 2. The molecule has 3 fully saturated rings. The van der Waals surface area contributed by atoms with Crippen LogP contribution in [0.25, 0.3) is 0 Å². The molecule has 1 saturated carbocycles. The zero-order valence-corrected chi connectivity index (χ0v) is 14.5. The molecular formula is C19H32N2O2. The summed E-state index contributed by atoms with van der Waals surface area (Å²) in [7, 11) is 0. The Morgan fingerprint density at radius 1 is 0.739 bits per heavy atom. The molecule has 0 spiro atoms. The molecule has 1 aliphatic carbocycles. The smallest absolute Gasteiger partial charge is 0.225 e. The van der Waals surface area contributed by atoms with Crippen LogP contribution in [0.4, 0.5) is 0 Å². The molecule has 4 heteroatoms. The molecule has 0 aromatic rings. The first-order valence-corrected chi connectivity index (χ1v) is 9.80. The Morgan fingerprint density at radius 2 is 1.39 bits per heavy atom. The van der Waals surface area contributed by atoms with Crippen LogP contribution in [0.15, 0.2) is 0 Å². The molecule has 2 amide bonds. The Bertz CT molecular complexity index is 404. The van der Waals surface area contributed by atoms with Crippen molar-refractivity contribution in [3.8, 4) is 0 Å².